The van der Waals surface area contributed by atoms with Gasteiger partial charge in [-0.2, -0.15) is 0 Å². The number of carbonyl (C=O) groups is 3. The number of nitrogens with one attached hydrogen (secondary N) is 3. The fraction of sp³-hybridized carbons (Fsp3) is 0.351. The average molecular weight is 1240 g/mol. The van der Waals surface area contributed by atoms with E-state index in [0.29, 0.717) is 78.1 Å². The summed E-state index contributed by atoms with van der Waals surface area (Å²) < 4.78 is 0. The van der Waals surface area contributed by atoms with Crippen LogP contribution in [0.15, 0.2) is 166 Å². The summed E-state index contributed by atoms with van der Waals surface area (Å²) in [5.41, 5.74) is 17.2. The van der Waals surface area contributed by atoms with E-state index in [1.807, 2.05) is 57.2 Å². The second-order valence-electron chi connectivity index (χ2n) is 25.4. The van der Waals surface area contributed by atoms with Gasteiger partial charge in [0.15, 0.2) is 0 Å². The molecule has 18 heteroatoms. The Hall–Kier alpha value is -9.36. The van der Waals surface area contributed by atoms with Crippen LogP contribution in [0, 0.1) is 23.7 Å². The van der Waals surface area contributed by atoms with Crippen molar-refractivity contribution in [3.63, 3.8) is 0 Å². The van der Waals surface area contributed by atoms with Crippen LogP contribution >= 0.6 is 0 Å². The number of piperidine rings is 2. The fourth-order valence-electron chi connectivity index (χ4n) is 14.6. The van der Waals surface area contributed by atoms with Crippen LogP contribution in [0.1, 0.15) is 98.9 Å². The summed E-state index contributed by atoms with van der Waals surface area (Å²) in [7, 11) is 0. The Kier molecular flexibility index (Phi) is 18.6. The predicted molar refractivity (Wildman–Crippen MR) is 360 cm³/mol. The molecule has 5 aromatic carbocycles. The zero-order valence-corrected chi connectivity index (χ0v) is 52.4. The van der Waals surface area contributed by atoms with Crippen LogP contribution in [0.2, 0.25) is 0 Å². The maximum Gasteiger partial charge on any atom is 0.341 e. The molecule has 3 aromatic heterocycles. The molecule has 14 rings (SSSR count). The number of benzene rings is 5. The van der Waals surface area contributed by atoms with E-state index in [1.165, 1.54) is 73.1 Å². The lowest BCUT2D eigenvalue weighted by molar-refractivity contribution is 0.0684. The fourth-order valence-corrected chi connectivity index (χ4v) is 14.6. The summed E-state index contributed by atoms with van der Waals surface area (Å²) in [5, 5.41) is 27.6. The van der Waals surface area contributed by atoms with Gasteiger partial charge in [-0.25, -0.2) is 14.4 Å². The average Bonchev–Trinajstić information content (AvgIpc) is 1.57. The Morgan fingerprint density at radius 3 is 1.16 bits per heavy atom. The summed E-state index contributed by atoms with van der Waals surface area (Å²) >= 11 is 0. The number of carboxylic acids is 3. The molecule has 4 saturated heterocycles. The highest BCUT2D eigenvalue weighted by molar-refractivity contribution is 5.89. The molecule has 6 aliphatic rings. The lowest BCUT2D eigenvalue weighted by Crippen LogP contribution is -2.35. The van der Waals surface area contributed by atoms with Gasteiger partial charge in [-0.05, 0) is 174 Å². The van der Waals surface area contributed by atoms with Crippen LogP contribution in [-0.2, 0) is 32.4 Å². The maximum absolute atomic E-state index is 12.3. The van der Waals surface area contributed by atoms with E-state index < -0.39 is 34.6 Å². The molecule has 0 spiro atoms. The molecular formula is C74H81N9O9. The van der Waals surface area contributed by atoms with Gasteiger partial charge in [0, 0.05) is 87.5 Å². The number of H-pyrrole nitrogens is 3. The second-order valence-corrected chi connectivity index (χ2v) is 25.4. The Morgan fingerprint density at radius 1 is 0.467 bits per heavy atom. The number of pyridine rings is 3. The quantitative estimate of drug-likeness (QED) is 0.0422. The lowest BCUT2D eigenvalue weighted by Gasteiger charge is -2.28. The Labute approximate surface area is 535 Å². The number of anilines is 3. The van der Waals surface area contributed by atoms with Crippen molar-refractivity contribution in [1.82, 2.24) is 24.8 Å². The van der Waals surface area contributed by atoms with Gasteiger partial charge in [0.05, 0.1) is 17.1 Å². The monoisotopic (exact) mass is 1240 g/mol. The summed E-state index contributed by atoms with van der Waals surface area (Å²) in [6, 6.07) is 52.2. The van der Waals surface area contributed by atoms with Crippen LogP contribution in [0.4, 0.5) is 17.1 Å². The molecule has 3 unspecified atom stereocenters. The first-order valence-electron chi connectivity index (χ1n) is 32.4. The molecule has 7 atom stereocenters. The highest BCUT2D eigenvalue weighted by Gasteiger charge is 2.58. The molecule has 6 fully saturated rings. The molecule has 8 N–H and O–H groups in total. The second kappa shape index (κ2) is 27.2. The Morgan fingerprint density at radius 2 is 0.815 bits per heavy atom. The van der Waals surface area contributed by atoms with E-state index in [4.69, 9.17) is 10.8 Å². The van der Waals surface area contributed by atoms with Gasteiger partial charge in [0.1, 0.15) is 16.7 Å². The Balaban J connectivity index is 0.000000137. The molecule has 476 valence electrons. The number of aromatic amines is 3. The zero-order chi connectivity index (χ0) is 64.3. The largest absolute Gasteiger partial charge is 0.477 e. The van der Waals surface area contributed by atoms with Crippen LogP contribution in [0.25, 0.3) is 33.8 Å². The van der Waals surface area contributed by atoms with E-state index in [-0.39, 0.29) is 16.7 Å². The Bertz CT molecular complexity index is 4080. The van der Waals surface area contributed by atoms with Gasteiger partial charge >= 0.3 is 17.9 Å². The summed E-state index contributed by atoms with van der Waals surface area (Å²) in [6.07, 6.45) is 5.78. The normalized spacial score (nSPS) is 21.1. The van der Waals surface area contributed by atoms with E-state index in [2.05, 4.69) is 137 Å². The number of aryl methyl sites for hydroxylation is 3. The van der Waals surface area contributed by atoms with Crippen molar-refractivity contribution in [3.05, 3.63) is 227 Å². The number of nitrogens with zero attached hydrogens (tertiary/aromatic N) is 5. The zero-order valence-electron chi connectivity index (χ0n) is 52.4. The van der Waals surface area contributed by atoms with Crippen LogP contribution in [0.3, 0.4) is 0 Å². The van der Waals surface area contributed by atoms with Crippen molar-refractivity contribution in [2.45, 2.75) is 90.5 Å². The maximum atomic E-state index is 12.3. The molecule has 92 heavy (non-hydrogen) atoms. The highest BCUT2D eigenvalue weighted by atomic mass is 16.4. The minimum atomic E-state index is -1.20. The van der Waals surface area contributed by atoms with Crippen molar-refractivity contribution >= 4 is 35.0 Å². The molecule has 7 heterocycles. The number of likely N-dealkylation sites (tertiary alicyclic amines) is 1. The first-order valence-corrected chi connectivity index (χ1v) is 32.4. The third-order valence-electron chi connectivity index (χ3n) is 19.9. The van der Waals surface area contributed by atoms with Gasteiger partial charge in [-0.1, -0.05) is 118 Å². The minimum Gasteiger partial charge on any atom is -0.477 e. The van der Waals surface area contributed by atoms with Gasteiger partial charge in [0.2, 0.25) is 0 Å². The molecule has 0 amide bonds. The molecule has 0 radical (unpaired) electrons. The summed E-state index contributed by atoms with van der Waals surface area (Å²) in [5.74, 6) is -1.03. The van der Waals surface area contributed by atoms with Gasteiger partial charge < -0.3 is 50.7 Å². The number of hydrogen-bond donors (Lipinski definition) is 7. The van der Waals surface area contributed by atoms with Gasteiger partial charge in [-0.15, -0.1) is 0 Å². The molecule has 8 aromatic rings. The first-order chi connectivity index (χ1) is 44.6. The first kappa shape index (κ1) is 62.8. The summed E-state index contributed by atoms with van der Waals surface area (Å²) in [4.78, 5) is 91.0. The molecule has 18 nitrogen and oxygen atoms in total. The van der Waals surface area contributed by atoms with Gasteiger partial charge in [0.25, 0.3) is 16.7 Å². The number of aromatic nitrogens is 3. The molecule has 4 aliphatic heterocycles. The van der Waals surface area contributed by atoms with Crippen molar-refractivity contribution in [1.29, 1.82) is 0 Å². The highest BCUT2D eigenvalue weighted by Crippen LogP contribution is 2.51. The smallest absolute Gasteiger partial charge is 0.341 e. The number of nitrogens with two attached hydrogens (primary N) is 1. The summed E-state index contributed by atoms with van der Waals surface area (Å²) in [6.45, 7) is 16.5. The third kappa shape index (κ3) is 13.5. The minimum absolute atomic E-state index is 0.206. The lowest BCUT2D eigenvalue weighted by atomic mass is 10.0. The van der Waals surface area contributed by atoms with Crippen molar-refractivity contribution in [2.24, 2.45) is 29.4 Å². The van der Waals surface area contributed by atoms with Gasteiger partial charge in [-0.3, -0.25) is 24.2 Å². The van der Waals surface area contributed by atoms with Crippen LogP contribution < -0.4 is 37.1 Å². The molecule has 2 saturated carbocycles. The predicted octanol–water partition coefficient (Wildman–Crippen LogP) is 10.1. The van der Waals surface area contributed by atoms with Crippen LogP contribution in [-0.4, -0.2) is 128 Å². The standard InChI is InChI=1S/C33H33N3O3.C22H27N3O3.C19H21N3O3/c1-2-24-17-27(33(38)39)32(37)34-30(24)25-13-15-26(16-14-25)35-20-28-29(21-35)31(28)36(18-22-9-5-3-6-10-22)19-23-11-7-4-8-12-23;1-2-15-13-19(22(27)28)21(26)23-20(15)16-5-7-17(8-6-16)25-12-9-18(14-25)24-10-3-4-11-24;1-2-10-7-13(19(24)25)18(23)21-17(10)11-3-5-12(6-4-11)22-8-14-15(9-22)16(14)20/h3-17,28-29,31H,2,18-21H2,1H3,(H,34,37)(H,38,39);5-8,13,18H,2-4,9-12,14H2,1H3,(H,23,26)(H,27,28);3-7,14-16H,2,8-9,20H2,1H3,(H,21,23)(H,24,25)/t28-,29+,31?;;14-,15+,16?. The van der Waals surface area contributed by atoms with E-state index in [0.717, 1.165) is 91.4 Å². The van der Waals surface area contributed by atoms with Crippen molar-refractivity contribution in [2.75, 3.05) is 67.1 Å². The number of hydrogen-bond acceptors (Lipinski definition) is 12. The topological polar surface area (TPSA) is 253 Å². The van der Waals surface area contributed by atoms with E-state index in [1.54, 1.807) is 0 Å². The third-order valence-corrected chi connectivity index (χ3v) is 19.9. The molecule has 2 aliphatic carbocycles. The number of rotatable bonds is 18. The molecular weight excluding hydrogens is 1160 g/mol. The number of aromatic carboxylic acids is 3. The van der Waals surface area contributed by atoms with E-state index in [9.17, 15) is 39.0 Å². The number of fused-ring (bicyclic) bond motifs is 2. The van der Waals surface area contributed by atoms with Crippen molar-refractivity contribution in [3.8, 4) is 33.8 Å². The van der Waals surface area contributed by atoms with E-state index >= 15 is 0 Å². The van der Waals surface area contributed by atoms with Crippen LogP contribution in [0.5, 0.6) is 0 Å². The van der Waals surface area contributed by atoms with Crippen molar-refractivity contribution < 1.29 is 29.7 Å². The SMILES string of the molecule is CCc1cc(C(=O)O)c(=O)[nH]c1-c1ccc(N2CCC(N3CCCC3)C2)cc1.CCc1cc(C(=O)O)c(=O)[nH]c1-c1ccc(N2C[C@@H]3C(N(Cc4ccccc4)Cc4ccccc4)[C@@H]3C2)cc1.CCc1cc(C(=O)O)c(=O)[nH]c1-c1ccc(N2C[C@@H]3C(N)[C@@H]3C2)cc1. The molecule has 0 bridgehead atoms. The number of carboxylic acid groups (broad SMARTS) is 3.